The van der Waals surface area contributed by atoms with Crippen LogP contribution in [-0.2, 0) is 10.8 Å². The summed E-state index contributed by atoms with van der Waals surface area (Å²) in [6, 6.07) is 22.3. The summed E-state index contributed by atoms with van der Waals surface area (Å²) in [6.07, 6.45) is 10.5. The number of rotatable bonds is 16. The van der Waals surface area contributed by atoms with Gasteiger partial charge >= 0.3 is 0 Å². The molecule has 0 unspecified atom stereocenters. The van der Waals surface area contributed by atoms with Crippen LogP contribution >= 0.6 is 12.2 Å². The fourth-order valence-corrected chi connectivity index (χ4v) is 8.08. The summed E-state index contributed by atoms with van der Waals surface area (Å²) in [5.41, 5.74) is 3.12. The van der Waals surface area contributed by atoms with Crippen molar-refractivity contribution in [3.8, 4) is 22.5 Å². The zero-order valence-corrected chi connectivity index (χ0v) is 36.6. The van der Waals surface area contributed by atoms with E-state index in [4.69, 9.17) is 12.2 Å². The highest BCUT2D eigenvalue weighted by Crippen LogP contribution is 2.45. The predicted molar refractivity (Wildman–Crippen MR) is 244 cm³/mol. The Hall–Kier alpha value is -6.42. The minimum atomic E-state index is -0.582. The highest BCUT2D eigenvalue weighted by Gasteiger charge is 2.43. The molecule has 1 amide bonds. The highest BCUT2D eigenvalue weighted by atomic mass is 32.1. The van der Waals surface area contributed by atoms with Crippen LogP contribution in [0, 0.1) is 23.3 Å². The fraction of sp³-hybridized carbons (Fsp3) is 0.333. The zero-order chi connectivity index (χ0) is 45.1. The second-order valence-electron chi connectivity index (χ2n) is 16.2. The number of halogens is 4. The van der Waals surface area contributed by atoms with Gasteiger partial charge in [0, 0.05) is 66.1 Å². The van der Waals surface area contributed by atoms with Crippen LogP contribution < -0.4 is 21.3 Å². The van der Waals surface area contributed by atoms with Crippen molar-refractivity contribution in [3.05, 3.63) is 143 Å². The van der Waals surface area contributed by atoms with Crippen molar-refractivity contribution in [2.24, 2.45) is 0 Å². The molecule has 64 heavy (non-hydrogen) atoms. The molecule has 6 aromatic rings. The van der Waals surface area contributed by atoms with Gasteiger partial charge in [-0.3, -0.25) is 14.8 Å². The Bertz CT molecular complexity index is 2380. The van der Waals surface area contributed by atoms with Crippen LogP contribution in [0.1, 0.15) is 92.5 Å². The molecule has 0 bridgehead atoms. The van der Waals surface area contributed by atoms with Gasteiger partial charge in [0.15, 0.2) is 0 Å². The van der Waals surface area contributed by atoms with E-state index in [2.05, 4.69) is 51.6 Å². The lowest BCUT2D eigenvalue weighted by Gasteiger charge is -2.41. The van der Waals surface area contributed by atoms with Crippen molar-refractivity contribution in [1.29, 1.82) is 0 Å². The lowest BCUT2D eigenvalue weighted by molar-refractivity contribution is 0.0949. The van der Waals surface area contributed by atoms with Crippen molar-refractivity contribution in [2.45, 2.75) is 76.0 Å². The Balaban J connectivity index is 0.000000191. The summed E-state index contributed by atoms with van der Waals surface area (Å²) in [5, 5.41) is 29.2. The molecule has 8 rings (SSSR count). The molecule has 2 saturated carbocycles. The van der Waals surface area contributed by atoms with Crippen LogP contribution in [-0.4, -0.2) is 67.4 Å². The van der Waals surface area contributed by atoms with E-state index in [-0.39, 0.29) is 33.8 Å². The maximum absolute atomic E-state index is 14.3. The minimum absolute atomic E-state index is 0.0238. The van der Waals surface area contributed by atoms with Gasteiger partial charge in [-0.2, -0.15) is 0 Å². The molecule has 0 atom stereocenters. The van der Waals surface area contributed by atoms with Gasteiger partial charge in [0.1, 0.15) is 39.9 Å². The largest absolute Gasteiger partial charge is 0.376 e. The summed E-state index contributed by atoms with van der Waals surface area (Å²) in [5.74, 6) is -0.815. The molecule has 4 heterocycles. The number of amides is 1. The molecule has 0 radical (unpaired) electrons. The molecule has 2 aliphatic carbocycles. The van der Waals surface area contributed by atoms with Gasteiger partial charge < -0.3 is 21.3 Å². The number of anilines is 2. The monoisotopic (exact) mass is 890 g/mol. The van der Waals surface area contributed by atoms with Crippen LogP contribution in [0.15, 0.2) is 97.3 Å². The van der Waals surface area contributed by atoms with E-state index in [9.17, 15) is 22.4 Å². The average molecular weight is 891 g/mol. The minimum Gasteiger partial charge on any atom is -0.376 e. The van der Waals surface area contributed by atoms with Crippen LogP contribution in [0.25, 0.3) is 22.5 Å². The molecule has 16 heteroatoms. The number of thiocarbonyl (C=S) groups is 1. The van der Waals surface area contributed by atoms with E-state index in [0.717, 1.165) is 56.9 Å². The Kier molecular flexibility index (Phi) is 14.8. The van der Waals surface area contributed by atoms with E-state index in [1.165, 1.54) is 30.3 Å². The van der Waals surface area contributed by atoms with Gasteiger partial charge in [-0.1, -0.05) is 38.9 Å². The van der Waals surface area contributed by atoms with Gasteiger partial charge in [-0.25, -0.2) is 17.6 Å². The molecular formula is C48H50F4N10OS. The van der Waals surface area contributed by atoms with Crippen LogP contribution in [0.4, 0.5) is 29.2 Å². The SMILES string of the molecule is CCCNC(=O)c1cc(-c2ccc(NCC3(c4ncccc4F)CCC3)nn2)ccc1F.CCCNC(=S)c1cc(-c2ccc(NCC3(c4ncccc4F)CCC3)nn2)ccc1F. The third-order valence-corrected chi connectivity index (χ3v) is 12.1. The summed E-state index contributed by atoms with van der Waals surface area (Å²) < 4.78 is 56.9. The number of hydrogen-bond donors (Lipinski definition) is 4. The Morgan fingerprint density at radius 1 is 0.594 bits per heavy atom. The predicted octanol–water partition coefficient (Wildman–Crippen LogP) is 9.52. The molecule has 2 aliphatic rings. The maximum atomic E-state index is 14.3. The smallest absolute Gasteiger partial charge is 0.254 e. The first-order valence-electron chi connectivity index (χ1n) is 21.6. The summed E-state index contributed by atoms with van der Waals surface area (Å²) in [4.78, 5) is 21.1. The highest BCUT2D eigenvalue weighted by molar-refractivity contribution is 7.80. The molecule has 2 fully saturated rings. The molecule has 0 saturated heterocycles. The lowest BCUT2D eigenvalue weighted by Crippen LogP contribution is -2.42. The average Bonchev–Trinajstić information content (AvgIpc) is 3.28. The molecule has 332 valence electrons. The van der Waals surface area contributed by atoms with Gasteiger partial charge in [0.05, 0.1) is 28.3 Å². The van der Waals surface area contributed by atoms with E-state index >= 15 is 0 Å². The van der Waals surface area contributed by atoms with E-state index in [0.29, 0.717) is 76.7 Å². The number of nitrogens with one attached hydrogen (secondary N) is 4. The van der Waals surface area contributed by atoms with Crippen LogP contribution in [0.3, 0.4) is 0 Å². The first kappa shape index (κ1) is 45.6. The van der Waals surface area contributed by atoms with E-state index in [1.807, 2.05) is 26.0 Å². The van der Waals surface area contributed by atoms with E-state index in [1.54, 1.807) is 54.9 Å². The topological polar surface area (TPSA) is 143 Å². The molecular weight excluding hydrogens is 841 g/mol. The van der Waals surface area contributed by atoms with E-state index < -0.39 is 11.7 Å². The normalized spacial score (nSPS) is 14.5. The van der Waals surface area contributed by atoms with Crippen molar-refractivity contribution < 1.29 is 22.4 Å². The fourth-order valence-electron chi connectivity index (χ4n) is 7.82. The Labute approximate surface area is 375 Å². The van der Waals surface area contributed by atoms with Gasteiger partial charge in [0.25, 0.3) is 5.91 Å². The molecule has 2 aromatic carbocycles. The maximum Gasteiger partial charge on any atom is 0.254 e. The van der Waals surface area contributed by atoms with Crippen LogP contribution in [0.2, 0.25) is 0 Å². The molecule has 11 nitrogen and oxygen atoms in total. The second kappa shape index (κ2) is 20.8. The Morgan fingerprint density at radius 3 is 1.48 bits per heavy atom. The van der Waals surface area contributed by atoms with Crippen molar-refractivity contribution in [2.75, 3.05) is 36.8 Å². The molecule has 4 N–H and O–H groups in total. The summed E-state index contributed by atoms with van der Waals surface area (Å²) in [7, 11) is 0. The second-order valence-corrected chi connectivity index (χ2v) is 16.6. The lowest BCUT2D eigenvalue weighted by atomic mass is 9.66. The molecule has 0 spiro atoms. The zero-order valence-electron chi connectivity index (χ0n) is 35.7. The molecule has 4 aromatic heterocycles. The number of nitrogens with zero attached hydrogens (tertiary/aromatic N) is 6. The Morgan fingerprint density at radius 2 is 1.06 bits per heavy atom. The third-order valence-electron chi connectivity index (χ3n) is 11.8. The van der Waals surface area contributed by atoms with Gasteiger partial charge in [0.2, 0.25) is 0 Å². The number of hydrogen-bond acceptors (Lipinski definition) is 10. The van der Waals surface area contributed by atoms with Crippen molar-refractivity contribution in [3.63, 3.8) is 0 Å². The summed E-state index contributed by atoms with van der Waals surface area (Å²) in [6.45, 7) is 6.16. The number of aromatic nitrogens is 6. The quantitative estimate of drug-likeness (QED) is 0.0545. The van der Waals surface area contributed by atoms with Crippen molar-refractivity contribution >= 4 is 34.7 Å². The first-order chi connectivity index (χ1) is 31.0. The molecule has 0 aliphatic heterocycles. The number of pyridine rings is 2. The van der Waals surface area contributed by atoms with Gasteiger partial charge in [-0.15, -0.1) is 20.4 Å². The number of benzene rings is 2. The van der Waals surface area contributed by atoms with Crippen LogP contribution in [0.5, 0.6) is 0 Å². The third kappa shape index (κ3) is 10.5. The first-order valence-corrected chi connectivity index (χ1v) is 22.0. The standard InChI is InChI=1S/C24H25F2N5O.C24H25F2N5S/c2*1-2-12-28-23(32)17-14-16(6-7-18(17)25)20-8-9-21(31-30-20)29-15-24(10-4-11-24)22-19(26)5-3-13-27-22/h2*3,5-9,13-14H,2,4,10-12,15H2,1H3,(H,28,32)(H,29,31). The number of carbonyl (C=O) groups is 1. The summed E-state index contributed by atoms with van der Waals surface area (Å²) >= 11 is 5.31. The number of carbonyl (C=O) groups excluding carboxylic acids is 1. The van der Waals surface area contributed by atoms with Crippen molar-refractivity contribution in [1.82, 2.24) is 41.0 Å². The van der Waals surface area contributed by atoms with Gasteiger partial charge in [-0.05, 0) is 123 Å².